The van der Waals surface area contributed by atoms with Crippen molar-refractivity contribution in [2.24, 2.45) is 0 Å². The first-order valence-electron chi connectivity index (χ1n) is 8.51. The Morgan fingerprint density at radius 2 is 1.89 bits per heavy atom. The number of likely N-dealkylation sites (N-methyl/N-ethyl adjacent to an activating group) is 1. The average Bonchev–Trinajstić information content (AvgIpc) is 3.06. The molecule has 2 rings (SSSR count). The number of nitrogens with zero attached hydrogens (tertiary/aromatic N) is 2. The monoisotopic (exact) mass is 267 g/mol. The zero-order valence-corrected chi connectivity index (χ0v) is 13.2. The molecule has 112 valence electrons. The summed E-state index contributed by atoms with van der Waals surface area (Å²) in [5.74, 6) is 0. The van der Waals surface area contributed by atoms with Crippen molar-refractivity contribution in [3.63, 3.8) is 0 Å². The molecule has 1 N–H and O–H groups in total. The predicted octanol–water partition coefficient (Wildman–Crippen LogP) is 2.32. The zero-order valence-electron chi connectivity index (χ0n) is 13.2. The van der Waals surface area contributed by atoms with E-state index in [0.29, 0.717) is 0 Å². The lowest BCUT2D eigenvalue weighted by Gasteiger charge is -2.32. The van der Waals surface area contributed by atoms with Crippen molar-refractivity contribution in [2.45, 2.75) is 71.0 Å². The van der Waals surface area contributed by atoms with Crippen LogP contribution in [0.15, 0.2) is 0 Å². The first kappa shape index (κ1) is 15.3. The van der Waals surface area contributed by atoms with E-state index in [1.807, 2.05) is 0 Å². The van der Waals surface area contributed by atoms with E-state index < -0.39 is 0 Å². The lowest BCUT2D eigenvalue weighted by atomic mass is 10.1. The second-order valence-electron chi connectivity index (χ2n) is 6.22. The van der Waals surface area contributed by atoms with Gasteiger partial charge >= 0.3 is 0 Å². The Hall–Kier alpha value is -0.120. The summed E-state index contributed by atoms with van der Waals surface area (Å²) in [6, 6.07) is 2.38. The molecule has 0 radical (unpaired) electrons. The fourth-order valence-electron chi connectivity index (χ4n) is 4.05. The van der Waals surface area contributed by atoms with Gasteiger partial charge in [0.15, 0.2) is 0 Å². The summed E-state index contributed by atoms with van der Waals surface area (Å²) in [7, 11) is 0. The Kier molecular flexibility index (Phi) is 6.11. The SMILES string of the molecule is CCCNC1CCCC1N1CCC(N(CC)CC)C1. The topological polar surface area (TPSA) is 18.5 Å². The fraction of sp³-hybridized carbons (Fsp3) is 1.00. The number of nitrogens with one attached hydrogen (secondary N) is 1. The Morgan fingerprint density at radius 1 is 1.11 bits per heavy atom. The number of rotatable bonds is 7. The van der Waals surface area contributed by atoms with Gasteiger partial charge in [-0.15, -0.1) is 0 Å². The van der Waals surface area contributed by atoms with Crippen LogP contribution in [0.1, 0.15) is 52.9 Å². The molecule has 1 aliphatic heterocycles. The van der Waals surface area contributed by atoms with Crippen LogP contribution in [-0.4, -0.2) is 60.6 Å². The maximum Gasteiger partial charge on any atom is 0.0250 e. The maximum absolute atomic E-state index is 3.78. The summed E-state index contributed by atoms with van der Waals surface area (Å²) < 4.78 is 0. The van der Waals surface area contributed by atoms with Crippen LogP contribution in [0.25, 0.3) is 0 Å². The van der Waals surface area contributed by atoms with Crippen molar-refractivity contribution in [1.82, 2.24) is 15.1 Å². The molecule has 0 aromatic rings. The van der Waals surface area contributed by atoms with Crippen molar-refractivity contribution in [1.29, 1.82) is 0 Å². The molecule has 1 saturated carbocycles. The minimum atomic E-state index is 0.760. The third kappa shape index (κ3) is 3.71. The number of likely N-dealkylation sites (tertiary alicyclic amines) is 1. The molecule has 3 nitrogen and oxygen atoms in total. The Labute approximate surface area is 119 Å². The molecule has 1 aliphatic carbocycles. The lowest BCUT2D eigenvalue weighted by Crippen LogP contribution is -2.47. The standard InChI is InChI=1S/C16H33N3/c1-4-11-17-15-8-7-9-16(15)19-12-10-14(13-19)18(5-2)6-3/h14-17H,4-13H2,1-3H3. The van der Waals surface area contributed by atoms with Crippen LogP contribution in [0.5, 0.6) is 0 Å². The molecule has 0 amide bonds. The van der Waals surface area contributed by atoms with Crippen LogP contribution in [0.4, 0.5) is 0 Å². The second kappa shape index (κ2) is 7.61. The van der Waals surface area contributed by atoms with E-state index in [2.05, 4.69) is 35.9 Å². The molecular weight excluding hydrogens is 234 g/mol. The summed E-state index contributed by atoms with van der Waals surface area (Å²) in [6.45, 7) is 13.1. The average molecular weight is 267 g/mol. The van der Waals surface area contributed by atoms with Gasteiger partial charge in [0.1, 0.15) is 0 Å². The van der Waals surface area contributed by atoms with Gasteiger partial charge in [-0.3, -0.25) is 9.80 Å². The summed E-state index contributed by atoms with van der Waals surface area (Å²) in [6.07, 6.45) is 6.84. The number of hydrogen-bond acceptors (Lipinski definition) is 3. The highest BCUT2D eigenvalue weighted by atomic mass is 15.3. The van der Waals surface area contributed by atoms with E-state index in [1.54, 1.807) is 0 Å². The van der Waals surface area contributed by atoms with E-state index in [0.717, 1.165) is 18.1 Å². The van der Waals surface area contributed by atoms with Gasteiger partial charge in [-0.1, -0.05) is 27.2 Å². The molecule has 0 spiro atoms. The van der Waals surface area contributed by atoms with Gasteiger partial charge in [0, 0.05) is 31.2 Å². The highest BCUT2D eigenvalue weighted by molar-refractivity contribution is 4.95. The van der Waals surface area contributed by atoms with Gasteiger partial charge in [-0.25, -0.2) is 0 Å². The van der Waals surface area contributed by atoms with E-state index in [1.165, 1.54) is 64.8 Å². The molecule has 1 saturated heterocycles. The molecule has 19 heavy (non-hydrogen) atoms. The van der Waals surface area contributed by atoms with Crippen LogP contribution in [0.2, 0.25) is 0 Å². The lowest BCUT2D eigenvalue weighted by molar-refractivity contribution is 0.173. The third-order valence-corrected chi connectivity index (χ3v) is 5.13. The van der Waals surface area contributed by atoms with Crippen molar-refractivity contribution < 1.29 is 0 Å². The first-order valence-corrected chi connectivity index (χ1v) is 8.51. The largest absolute Gasteiger partial charge is 0.312 e. The molecule has 0 bridgehead atoms. The quantitative estimate of drug-likeness (QED) is 0.764. The molecule has 2 fully saturated rings. The number of hydrogen-bond donors (Lipinski definition) is 1. The summed E-state index contributed by atoms with van der Waals surface area (Å²) in [4.78, 5) is 5.42. The highest BCUT2D eigenvalue weighted by Gasteiger charge is 2.36. The minimum absolute atomic E-state index is 0.760. The van der Waals surface area contributed by atoms with E-state index in [9.17, 15) is 0 Å². The molecule has 3 heteroatoms. The van der Waals surface area contributed by atoms with Crippen molar-refractivity contribution in [2.75, 3.05) is 32.7 Å². The van der Waals surface area contributed by atoms with E-state index in [-0.39, 0.29) is 0 Å². The minimum Gasteiger partial charge on any atom is -0.312 e. The zero-order chi connectivity index (χ0) is 13.7. The molecule has 3 unspecified atom stereocenters. The smallest absolute Gasteiger partial charge is 0.0250 e. The summed E-state index contributed by atoms with van der Waals surface area (Å²) in [5, 5.41) is 3.78. The van der Waals surface area contributed by atoms with Crippen LogP contribution in [0, 0.1) is 0 Å². The second-order valence-corrected chi connectivity index (χ2v) is 6.22. The van der Waals surface area contributed by atoms with Gasteiger partial charge in [0.2, 0.25) is 0 Å². The normalized spacial score (nSPS) is 32.5. The van der Waals surface area contributed by atoms with Crippen LogP contribution < -0.4 is 5.32 Å². The van der Waals surface area contributed by atoms with Crippen LogP contribution in [0.3, 0.4) is 0 Å². The fourth-order valence-corrected chi connectivity index (χ4v) is 4.05. The predicted molar refractivity (Wildman–Crippen MR) is 82.6 cm³/mol. The van der Waals surface area contributed by atoms with Gasteiger partial charge in [0.25, 0.3) is 0 Å². The van der Waals surface area contributed by atoms with E-state index >= 15 is 0 Å². The maximum atomic E-state index is 3.78. The van der Waals surface area contributed by atoms with Gasteiger partial charge < -0.3 is 5.32 Å². The summed E-state index contributed by atoms with van der Waals surface area (Å²) in [5.41, 5.74) is 0. The van der Waals surface area contributed by atoms with Crippen LogP contribution >= 0.6 is 0 Å². The van der Waals surface area contributed by atoms with Gasteiger partial charge in [0.05, 0.1) is 0 Å². The molecule has 2 aliphatic rings. The Morgan fingerprint density at radius 3 is 2.58 bits per heavy atom. The Balaban J connectivity index is 1.85. The summed E-state index contributed by atoms with van der Waals surface area (Å²) >= 11 is 0. The molecule has 0 aromatic carbocycles. The van der Waals surface area contributed by atoms with Crippen molar-refractivity contribution in [3.05, 3.63) is 0 Å². The van der Waals surface area contributed by atoms with E-state index in [4.69, 9.17) is 0 Å². The van der Waals surface area contributed by atoms with Gasteiger partial charge in [-0.2, -0.15) is 0 Å². The highest BCUT2D eigenvalue weighted by Crippen LogP contribution is 2.28. The molecule has 1 heterocycles. The van der Waals surface area contributed by atoms with Crippen LogP contribution in [-0.2, 0) is 0 Å². The van der Waals surface area contributed by atoms with Crippen molar-refractivity contribution in [3.8, 4) is 0 Å². The molecular formula is C16H33N3. The molecule has 3 atom stereocenters. The first-order chi connectivity index (χ1) is 9.30. The molecule has 0 aromatic heterocycles. The Bertz CT molecular complexity index is 252. The third-order valence-electron chi connectivity index (χ3n) is 5.13. The van der Waals surface area contributed by atoms with Gasteiger partial charge in [-0.05, 0) is 45.3 Å². The van der Waals surface area contributed by atoms with Crippen molar-refractivity contribution >= 4 is 0 Å².